The van der Waals surface area contributed by atoms with Gasteiger partial charge in [0.05, 0.1) is 0 Å². The van der Waals surface area contributed by atoms with Crippen molar-refractivity contribution in [3.8, 4) is 0 Å². The van der Waals surface area contributed by atoms with Crippen LogP contribution in [0.5, 0.6) is 0 Å². The van der Waals surface area contributed by atoms with Gasteiger partial charge in [0.15, 0.2) is 0 Å². The Labute approximate surface area is 146 Å². The average Bonchev–Trinajstić information content (AvgIpc) is 2.77. The molecule has 0 aromatic carbocycles. The van der Waals surface area contributed by atoms with Crippen LogP contribution in [0.2, 0.25) is 0 Å². The predicted molar refractivity (Wildman–Crippen MR) is 101 cm³/mol. The maximum atomic E-state index is 2.52. The molecular formula is C23H42. The molecule has 0 spiro atoms. The van der Waals surface area contributed by atoms with E-state index in [4.69, 9.17) is 0 Å². The van der Waals surface area contributed by atoms with Gasteiger partial charge in [0.25, 0.3) is 0 Å². The molecule has 8 atom stereocenters. The summed E-state index contributed by atoms with van der Waals surface area (Å²) in [5.41, 5.74) is 1.93. The summed E-state index contributed by atoms with van der Waals surface area (Å²) >= 11 is 0. The lowest BCUT2D eigenvalue weighted by Gasteiger charge is -2.61. The molecule has 5 aliphatic rings. The Hall–Kier alpha value is 0. The minimum absolute atomic E-state index is 0.603. The lowest BCUT2D eigenvalue weighted by atomic mass is 9.44. The van der Waals surface area contributed by atoms with Gasteiger partial charge >= 0.3 is 0 Å². The number of hydrogen-bond acceptors (Lipinski definition) is 0. The molecule has 0 aliphatic heterocycles. The van der Waals surface area contributed by atoms with Crippen LogP contribution < -0.4 is 0 Å². The zero-order chi connectivity index (χ0) is 17.4. The topological polar surface area (TPSA) is 0 Å². The third-order valence-electron chi connectivity index (χ3n) is 10.5. The van der Waals surface area contributed by atoms with Crippen molar-refractivity contribution in [1.29, 1.82) is 0 Å². The second-order valence-electron chi connectivity index (χ2n) is 11.4. The molecule has 4 unspecified atom stereocenters. The second kappa shape index (κ2) is 5.25. The average molecular weight is 319 g/mol. The summed E-state index contributed by atoms with van der Waals surface area (Å²) in [5, 5.41) is 0. The van der Waals surface area contributed by atoms with Gasteiger partial charge in [-0.1, -0.05) is 62.3 Å². The van der Waals surface area contributed by atoms with E-state index in [1.54, 1.807) is 0 Å². The summed E-state index contributed by atoms with van der Waals surface area (Å²) in [6.07, 6.45) is 5.97. The van der Waals surface area contributed by atoms with Gasteiger partial charge in [0.1, 0.15) is 0 Å². The van der Waals surface area contributed by atoms with Gasteiger partial charge in [-0.05, 0) is 83.4 Å². The summed E-state index contributed by atoms with van der Waals surface area (Å²) < 4.78 is 0. The molecule has 0 heteroatoms. The minimum Gasteiger partial charge on any atom is -0.0622 e. The van der Waals surface area contributed by atoms with E-state index in [2.05, 4.69) is 62.3 Å². The summed E-state index contributed by atoms with van der Waals surface area (Å²) in [7, 11) is 0. The fourth-order valence-corrected chi connectivity index (χ4v) is 7.63. The van der Waals surface area contributed by atoms with Crippen LogP contribution in [-0.4, -0.2) is 0 Å². The van der Waals surface area contributed by atoms with Crippen LogP contribution in [0.1, 0.15) is 88.0 Å². The Morgan fingerprint density at radius 2 is 1.35 bits per heavy atom. The third-order valence-corrected chi connectivity index (χ3v) is 10.5. The van der Waals surface area contributed by atoms with Gasteiger partial charge in [0, 0.05) is 0 Å². The highest BCUT2D eigenvalue weighted by Gasteiger charge is 2.62. The van der Waals surface area contributed by atoms with Gasteiger partial charge in [-0.3, -0.25) is 0 Å². The van der Waals surface area contributed by atoms with E-state index in [-0.39, 0.29) is 0 Å². The fourth-order valence-electron chi connectivity index (χ4n) is 7.63. The van der Waals surface area contributed by atoms with E-state index in [1.165, 1.54) is 25.7 Å². The summed E-state index contributed by atoms with van der Waals surface area (Å²) in [6, 6.07) is 0. The first-order valence-corrected chi connectivity index (χ1v) is 10.4. The lowest BCUT2D eigenvalue weighted by Crippen LogP contribution is -2.54. The van der Waals surface area contributed by atoms with Crippen LogP contribution in [0.25, 0.3) is 0 Å². The first-order valence-electron chi connectivity index (χ1n) is 10.4. The quantitative estimate of drug-likeness (QED) is 0.449. The largest absolute Gasteiger partial charge is 0.0622 e. The zero-order valence-corrected chi connectivity index (χ0v) is 17.4. The Morgan fingerprint density at radius 3 is 1.65 bits per heavy atom. The highest BCUT2D eigenvalue weighted by atomic mass is 14.7. The van der Waals surface area contributed by atoms with Crippen molar-refractivity contribution < 1.29 is 0 Å². The van der Waals surface area contributed by atoms with Crippen LogP contribution in [0.15, 0.2) is 0 Å². The molecule has 0 N–H and O–H groups in total. The van der Waals surface area contributed by atoms with Gasteiger partial charge in [0.2, 0.25) is 0 Å². The Morgan fingerprint density at radius 1 is 0.739 bits per heavy atom. The van der Waals surface area contributed by atoms with Crippen molar-refractivity contribution in [2.24, 2.45) is 57.7 Å². The fraction of sp³-hybridized carbons (Fsp3) is 1.00. The Bertz CT molecular complexity index is 459. The molecule has 5 fully saturated rings. The summed E-state index contributed by atoms with van der Waals surface area (Å²) in [4.78, 5) is 0. The molecule has 0 aromatic heterocycles. The molecule has 0 saturated heterocycles. The first kappa shape index (κ1) is 17.8. The molecular weight excluding hydrogens is 276 g/mol. The minimum atomic E-state index is 0.603. The van der Waals surface area contributed by atoms with Crippen LogP contribution in [0.3, 0.4) is 0 Å². The van der Waals surface area contributed by atoms with Crippen LogP contribution >= 0.6 is 0 Å². The van der Waals surface area contributed by atoms with Crippen LogP contribution in [0, 0.1) is 57.7 Å². The molecule has 23 heavy (non-hydrogen) atoms. The standard InChI is InChI=1S/C12H22.C11H20/c1-8-9(2)12(5)7-6-10(8)11(12,3)4;1-7-5-9-6-10(8(7)2)11(9,3)4/h8-10H,6-7H2,1-5H3;7-10H,5-6H2,1-4H3/t8-,9-,10?,12?;7-,8+,9?,10?/m01/s1. The van der Waals surface area contributed by atoms with Crippen molar-refractivity contribution in [3.05, 3.63) is 0 Å². The normalized spacial score (nSPS) is 54.9. The number of fused-ring (bicyclic) bond motifs is 4. The molecule has 4 bridgehead atoms. The van der Waals surface area contributed by atoms with Crippen LogP contribution in [0.4, 0.5) is 0 Å². The van der Waals surface area contributed by atoms with Crippen LogP contribution in [-0.2, 0) is 0 Å². The van der Waals surface area contributed by atoms with E-state index in [1.807, 2.05) is 0 Å². The van der Waals surface area contributed by atoms with Gasteiger partial charge in [-0.2, -0.15) is 0 Å². The monoisotopic (exact) mass is 318 g/mol. The molecule has 0 aromatic rings. The molecule has 0 nitrogen and oxygen atoms in total. The van der Waals surface area contributed by atoms with Crippen molar-refractivity contribution in [2.45, 2.75) is 88.0 Å². The molecule has 0 amide bonds. The van der Waals surface area contributed by atoms with E-state index in [9.17, 15) is 0 Å². The lowest BCUT2D eigenvalue weighted by molar-refractivity contribution is -0.124. The van der Waals surface area contributed by atoms with E-state index in [0.717, 1.165) is 41.4 Å². The van der Waals surface area contributed by atoms with Gasteiger partial charge in [-0.15, -0.1) is 0 Å². The highest BCUT2D eigenvalue weighted by Crippen LogP contribution is 2.70. The zero-order valence-electron chi connectivity index (χ0n) is 17.4. The predicted octanol–water partition coefficient (Wildman–Crippen LogP) is 7.04. The Balaban J connectivity index is 0.000000136. The molecule has 0 heterocycles. The highest BCUT2D eigenvalue weighted by molar-refractivity contribution is 5.11. The number of rotatable bonds is 0. The van der Waals surface area contributed by atoms with Gasteiger partial charge in [-0.25, -0.2) is 0 Å². The van der Waals surface area contributed by atoms with E-state index < -0.39 is 0 Å². The third kappa shape index (κ3) is 2.22. The molecule has 5 aliphatic carbocycles. The van der Waals surface area contributed by atoms with Gasteiger partial charge < -0.3 is 0 Å². The molecule has 0 radical (unpaired) electrons. The number of hydrogen-bond donors (Lipinski definition) is 0. The smallest absolute Gasteiger partial charge is 0.0243 e. The van der Waals surface area contributed by atoms with E-state index >= 15 is 0 Å². The maximum absolute atomic E-state index is 2.52. The van der Waals surface area contributed by atoms with Crippen molar-refractivity contribution in [1.82, 2.24) is 0 Å². The van der Waals surface area contributed by atoms with Crippen molar-refractivity contribution >= 4 is 0 Å². The first-order chi connectivity index (χ1) is 10.4. The second-order valence-corrected chi connectivity index (χ2v) is 11.4. The van der Waals surface area contributed by atoms with Crippen molar-refractivity contribution in [3.63, 3.8) is 0 Å². The van der Waals surface area contributed by atoms with E-state index in [0.29, 0.717) is 16.2 Å². The maximum Gasteiger partial charge on any atom is -0.0243 e. The molecule has 134 valence electrons. The molecule has 5 saturated carbocycles. The SMILES string of the molecule is C[C@@H]1C2CCC(C)([C@H]1C)C2(C)C.C[C@@H]1CC2CC([C@H]1C)C2(C)C. The van der Waals surface area contributed by atoms with Crippen molar-refractivity contribution in [2.75, 3.05) is 0 Å². The summed E-state index contributed by atoms with van der Waals surface area (Å²) in [5.74, 6) is 6.96. The molecule has 5 rings (SSSR count). The Kier molecular flexibility index (Phi) is 4.06. The summed E-state index contributed by atoms with van der Waals surface area (Å²) in [6.45, 7) is 22.2.